The van der Waals surface area contributed by atoms with Gasteiger partial charge in [-0.05, 0) is 44.5 Å². The van der Waals surface area contributed by atoms with Crippen LogP contribution in [0.15, 0.2) is 28.7 Å². The van der Waals surface area contributed by atoms with E-state index in [9.17, 15) is 4.79 Å². The van der Waals surface area contributed by atoms with E-state index in [-0.39, 0.29) is 11.8 Å². The van der Waals surface area contributed by atoms with Crippen LogP contribution in [0, 0.1) is 0 Å². The summed E-state index contributed by atoms with van der Waals surface area (Å²) in [5.74, 6) is 0.875. The second-order valence-electron chi connectivity index (χ2n) is 5.21. The average molecular weight is 363 g/mol. The van der Waals surface area contributed by atoms with Crippen LogP contribution in [0.1, 0.15) is 36.8 Å². The van der Waals surface area contributed by atoms with Crippen molar-refractivity contribution in [3.8, 4) is 11.5 Å². The molecule has 0 aliphatic carbocycles. The van der Waals surface area contributed by atoms with E-state index in [1.807, 2.05) is 32.0 Å². The molecule has 1 aromatic carbocycles. The van der Waals surface area contributed by atoms with Gasteiger partial charge < -0.3 is 14.2 Å². The molecule has 0 unspecified atom stereocenters. The molecule has 1 aromatic heterocycles. The first kappa shape index (κ1) is 18.7. The number of carbonyl (C=O) groups is 1. The number of hydrogen-bond acceptors (Lipinski definition) is 8. The van der Waals surface area contributed by atoms with Crippen LogP contribution in [0.5, 0.6) is 11.5 Å². The van der Waals surface area contributed by atoms with E-state index < -0.39 is 5.97 Å². The highest BCUT2D eigenvalue weighted by atomic mass is 32.1. The lowest BCUT2D eigenvalue weighted by Crippen LogP contribution is -2.07. The number of anilines is 1. The number of hydrogen-bond donors (Lipinski definition) is 1. The molecule has 2 aromatic rings. The molecule has 0 spiro atoms. The van der Waals surface area contributed by atoms with Crippen molar-refractivity contribution < 1.29 is 19.0 Å². The minimum Gasteiger partial charge on any atom is -0.493 e. The molecule has 0 bridgehead atoms. The smallest absolute Gasteiger partial charge is 0.357 e. The van der Waals surface area contributed by atoms with E-state index in [0.717, 1.165) is 5.56 Å². The van der Waals surface area contributed by atoms with Crippen LogP contribution >= 0.6 is 11.3 Å². The van der Waals surface area contributed by atoms with Crippen LogP contribution in [0.3, 0.4) is 0 Å². The fraction of sp³-hybridized carbons (Fsp3) is 0.353. The van der Waals surface area contributed by atoms with Crippen LogP contribution in [0.25, 0.3) is 0 Å². The van der Waals surface area contributed by atoms with Gasteiger partial charge in [-0.15, -0.1) is 11.3 Å². The van der Waals surface area contributed by atoms with E-state index in [1.165, 1.54) is 11.3 Å². The Labute approximate surface area is 150 Å². The number of methoxy groups -OCH3 is 1. The molecule has 1 N–H and O–H groups in total. The Hall–Kier alpha value is -2.61. The van der Waals surface area contributed by atoms with Gasteiger partial charge in [-0.1, -0.05) is 0 Å². The summed E-state index contributed by atoms with van der Waals surface area (Å²) in [4.78, 5) is 15.7. The zero-order chi connectivity index (χ0) is 18.2. The maximum Gasteiger partial charge on any atom is 0.357 e. The molecular formula is C17H21N3O4S. The number of benzene rings is 1. The first-order valence-corrected chi connectivity index (χ1v) is 8.67. The molecule has 1 heterocycles. The highest BCUT2D eigenvalue weighted by molar-refractivity contribution is 7.13. The van der Waals surface area contributed by atoms with E-state index in [2.05, 4.69) is 15.5 Å². The summed E-state index contributed by atoms with van der Waals surface area (Å²) in [6.07, 6.45) is 1.67. The summed E-state index contributed by atoms with van der Waals surface area (Å²) in [5.41, 5.74) is 3.90. The molecule has 0 saturated carbocycles. The summed E-state index contributed by atoms with van der Waals surface area (Å²) in [7, 11) is 1.60. The van der Waals surface area contributed by atoms with Crippen molar-refractivity contribution in [2.75, 3.05) is 19.1 Å². The topological polar surface area (TPSA) is 82.0 Å². The third kappa shape index (κ3) is 5.46. The normalized spacial score (nSPS) is 10.9. The number of hydrazone groups is 1. The minimum absolute atomic E-state index is 0.0378. The summed E-state index contributed by atoms with van der Waals surface area (Å²) in [6.45, 7) is 5.96. The Bertz CT molecular complexity index is 743. The van der Waals surface area contributed by atoms with Crippen LogP contribution in [-0.2, 0) is 4.74 Å². The fourth-order valence-electron chi connectivity index (χ4n) is 1.91. The molecular weight excluding hydrogens is 342 g/mol. The number of nitrogens with zero attached hydrogens (tertiary/aromatic N) is 2. The molecule has 8 heteroatoms. The van der Waals surface area contributed by atoms with Gasteiger partial charge in [0.05, 0.1) is 26.0 Å². The fourth-order valence-corrected chi connectivity index (χ4v) is 2.53. The Morgan fingerprint density at radius 1 is 1.40 bits per heavy atom. The molecule has 0 amide bonds. The second kappa shape index (κ2) is 9.03. The predicted octanol–water partition coefficient (Wildman–Crippen LogP) is 3.56. The summed E-state index contributed by atoms with van der Waals surface area (Å²) < 4.78 is 15.9. The van der Waals surface area contributed by atoms with Gasteiger partial charge >= 0.3 is 5.97 Å². The number of aromatic nitrogens is 1. The van der Waals surface area contributed by atoms with Crippen molar-refractivity contribution in [1.82, 2.24) is 4.98 Å². The average Bonchev–Trinajstić information content (AvgIpc) is 3.04. The molecule has 7 nitrogen and oxygen atoms in total. The van der Waals surface area contributed by atoms with Crippen LogP contribution < -0.4 is 14.9 Å². The first-order chi connectivity index (χ1) is 12.0. The predicted molar refractivity (Wildman–Crippen MR) is 98.0 cm³/mol. The molecule has 0 saturated heterocycles. The Kier molecular flexibility index (Phi) is 6.76. The van der Waals surface area contributed by atoms with E-state index in [1.54, 1.807) is 25.6 Å². The molecule has 0 atom stereocenters. The Morgan fingerprint density at radius 3 is 2.88 bits per heavy atom. The van der Waals surface area contributed by atoms with Gasteiger partial charge in [0.25, 0.3) is 0 Å². The quantitative estimate of drug-likeness (QED) is 0.439. The number of nitrogens with one attached hydrogen (secondary N) is 1. The largest absolute Gasteiger partial charge is 0.493 e. The Balaban J connectivity index is 2.03. The lowest BCUT2D eigenvalue weighted by Gasteiger charge is -2.13. The maximum atomic E-state index is 11.6. The number of thiazole rings is 1. The van der Waals surface area contributed by atoms with Gasteiger partial charge in [0.15, 0.2) is 17.2 Å². The summed E-state index contributed by atoms with van der Waals surface area (Å²) in [6, 6.07) is 5.53. The maximum absolute atomic E-state index is 11.6. The highest BCUT2D eigenvalue weighted by Crippen LogP contribution is 2.28. The molecule has 0 aliphatic rings. The van der Waals surface area contributed by atoms with Gasteiger partial charge in [-0.25, -0.2) is 9.78 Å². The third-order valence-electron chi connectivity index (χ3n) is 2.91. The zero-order valence-electron chi connectivity index (χ0n) is 14.6. The van der Waals surface area contributed by atoms with Crippen molar-refractivity contribution >= 4 is 28.7 Å². The zero-order valence-corrected chi connectivity index (χ0v) is 15.4. The van der Waals surface area contributed by atoms with Gasteiger partial charge in [-0.2, -0.15) is 5.10 Å². The van der Waals surface area contributed by atoms with E-state index in [4.69, 9.17) is 14.2 Å². The number of rotatable bonds is 8. The number of esters is 1. The lowest BCUT2D eigenvalue weighted by molar-refractivity contribution is 0.0520. The molecule has 0 fully saturated rings. The second-order valence-corrected chi connectivity index (χ2v) is 6.06. The van der Waals surface area contributed by atoms with Crippen LogP contribution in [0.4, 0.5) is 5.13 Å². The van der Waals surface area contributed by atoms with Crippen molar-refractivity contribution in [1.29, 1.82) is 0 Å². The van der Waals surface area contributed by atoms with Gasteiger partial charge in [0.1, 0.15) is 0 Å². The summed E-state index contributed by atoms with van der Waals surface area (Å²) in [5, 5.41) is 6.26. The monoisotopic (exact) mass is 363 g/mol. The van der Waals surface area contributed by atoms with Gasteiger partial charge in [0, 0.05) is 5.38 Å². The first-order valence-electron chi connectivity index (χ1n) is 7.80. The van der Waals surface area contributed by atoms with Crippen molar-refractivity contribution in [3.05, 3.63) is 34.8 Å². The lowest BCUT2D eigenvalue weighted by atomic mass is 10.2. The molecule has 2 rings (SSSR count). The van der Waals surface area contributed by atoms with Gasteiger partial charge in [-0.3, -0.25) is 5.43 Å². The standard InChI is InChI=1S/C17H21N3O4S/c1-5-23-16(21)13-10-25-17(19-13)20-18-9-12-6-7-14(22-4)15(8-12)24-11(2)3/h6-11H,5H2,1-4H3,(H,19,20)/b18-9+. The SMILES string of the molecule is CCOC(=O)c1csc(N/N=C/c2ccc(OC)c(OC(C)C)c2)n1. The summed E-state index contributed by atoms with van der Waals surface area (Å²) >= 11 is 1.28. The van der Waals surface area contributed by atoms with Crippen LogP contribution in [-0.4, -0.2) is 37.0 Å². The Morgan fingerprint density at radius 2 is 2.20 bits per heavy atom. The molecule has 134 valence electrons. The van der Waals surface area contributed by atoms with Crippen molar-refractivity contribution in [3.63, 3.8) is 0 Å². The molecule has 0 radical (unpaired) electrons. The molecule has 0 aliphatic heterocycles. The minimum atomic E-state index is -0.443. The van der Waals surface area contributed by atoms with E-state index >= 15 is 0 Å². The van der Waals surface area contributed by atoms with Crippen molar-refractivity contribution in [2.24, 2.45) is 5.10 Å². The van der Waals surface area contributed by atoms with Gasteiger partial charge in [0.2, 0.25) is 5.13 Å². The highest BCUT2D eigenvalue weighted by Gasteiger charge is 2.11. The van der Waals surface area contributed by atoms with Crippen molar-refractivity contribution in [2.45, 2.75) is 26.9 Å². The van der Waals surface area contributed by atoms with E-state index in [0.29, 0.717) is 23.2 Å². The number of carbonyl (C=O) groups excluding carboxylic acids is 1. The molecule has 25 heavy (non-hydrogen) atoms. The third-order valence-corrected chi connectivity index (χ3v) is 3.66. The van der Waals surface area contributed by atoms with Crippen LogP contribution in [0.2, 0.25) is 0 Å². The number of ether oxygens (including phenoxy) is 3.